The van der Waals surface area contributed by atoms with Crippen molar-refractivity contribution in [1.29, 1.82) is 0 Å². The molecule has 114 valence electrons. The number of rotatable bonds is 4. The van der Waals surface area contributed by atoms with Crippen LogP contribution in [-0.4, -0.2) is 17.9 Å². The summed E-state index contributed by atoms with van der Waals surface area (Å²) in [5.41, 5.74) is 1.01. The SMILES string of the molecule is CCC(=O)Nc1ccc(Cl)c(C(=O)NC2CCCCC2)c1. The van der Waals surface area contributed by atoms with Crippen molar-refractivity contribution in [2.45, 2.75) is 51.5 Å². The fourth-order valence-corrected chi connectivity index (χ4v) is 2.74. The molecule has 1 aromatic carbocycles. The Morgan fingerprint density at radius 2 is 1.95 bits per heavy atom. The number of hydrogen-bond acceptors (Lipinski definition) is 2. The second-order valence-electron chi connectivity index (χ2n) is 5.40. The van der Waals surface area contributed by atoms with Crippen LogP contribution in [0.3, 0.4) is 0 Å². The number of carbonyl (C=O) groups is 2. The molecular formula is C16H21ClN2O2. The number of amides is 2. The van der Waals surface area contributed by atoms with Gasteiger partial charge in [0.1, 0.15) is 0 Å². The molecule has 0 spiro atoms. The van der Waals surface area contributed by atoms with Crippen LogP contribution >= 0.6 is 11.6 Å². The summed E-state index contributed by atoms with van der Waals surface area (Å²) >= 11 is 6.11. The van der Waals surface area contributed by atoms with Crippen LogP contribution in [0.4, 0.5) is 5.69 Å². The van der Waals surface area contributed by atoms with Gasteiger partial charge in [-0.05, 0) is 31.0 Å². The highest BCUT2D eigenvalue weighted by atomic mass is 35.5. The third-order valence-electron chi connectivity index (χ3n) is 3.76. The minimum absolute atomic E-state index is 0.0871. The van der Waals surface area contributed by atoms with Crippen molar-refractivity contribution in [3.05, 3.63) is 28.8 Å². The highest BCUT2D eigenvalue weighted by Crippen LogP contribution is 2.22. The molecule has 5 heteroatoms. The number of benzene rings is 1. The van der Waals surface area contributed by atoms with Gasteiger partial charge in [0.05, 0.1) is 10.6 Å². The maximum absolute atomic E-state index is 12.3. The van der Waals surface area contributed by atoms with E-state index in [4.69, 9.17) is 11.6 Å². The number of carbonyl (C=O) groups excluding carboxylic acids is 2. The monoisotopic (exact) mass is 308 g/mol. The normalized spacial score (nSPS) is 15.5. The largest absolute Gasteiger partial charge is 0.349 e. The Kier molecular flexibility index (Phi) is 5.62. The van der Waals surface area contributed by atoms with E-state index in [-0.39, 0.29) is 17.9 Å². The third-order valence-corrected chi connectivity index (χ3v) is 4.09. The van der Waals surface area contributed by atoms with Gasteiger partial charge in [-0.25, -0.2) is 0 Å². The van der Waals surface area contributed by atoms with E-state index in [0.29, 0.717) is 22.7 Å². The zero-order chi connectivity index (χ0) is 15.2. The van der Waals surface area contributed by atoms with Gasteiger partial charge in [0.2, 0.25) is 5.91 Å². The molecule has 0 bridgehead atoms. The van der Waals surface area contributed by atoms with Gasteiger partial charge in [0.25, 0.3) is 5.91 Å². The van der Waals surface area contributed by atoms with Crippen LogP contribution in [-0.2, 0) is 4.79 Å². The van der Waals surface area contributed by atoms with E-state index < -0.39 is 0 Å². The first kappa shape index (κ1) is 15.8. The molecule has 1 aliphatic carbocycles. The molecule has 1 aromatic rings. The molecule has 0 atom stereocenters. The summed E-state index contributed by atoms with van der Waals surface area (Å²) in [6.07, 6.45) is 6.00. The smallest absolute Gasteiger partial charge is 0.253 e. The number of halogens is 1. The molecule has 1 saturated carbocycles. The van der Waals surface area contributed by atoms with E-state index in [1.165, 1.54) is 6.42 Å². The lowest BCUT2D eigenvalue weighted by Crippen LogP contribution is -2.36. The Hall–Kier alpha value is -1.55. The fraction of sp³-hybridized carbons (Fsp3) is 0.500. The molecule has 2 rings (SSSR count). The minimum Gasteiger partial charge on any atom is -0.349 e. The van der Waals surface area contributed by atoms with E-state index in [1.54, 1.807) is 25.1 Å². The second-order valence-corrected chi connectivity index (χ2v) is 5.81. The first-order valence-electron chi connectivity index (χ1n) is 7.50. The lowest BCUT2D eigenvalue weighted by atomic mass is 9.95. The second kappa shape index (κ2) is 7.46. The first-order valence-corrected chi connectivity index (χ1v) is 7.88. The van der Waals surface area contributed by atoms with Crippen molar-refractivity contribution in [1.82, 2.24) is 5.32 Å². The van der Waals surface area contributed by atoms with Gasteiger partial charge in [-0.15, -0.1) is 0 Å². The van der Waals surface area contributed by atoms with E-state index >= 15 is 0 Å². The van der Waals surface area contributed by atoms with Gasteiger partial charge in [0, 0.05) is 18.2 Å². The van der Waals surface area contributed by atoms with Crippen LogP contribution in [0.5, 0.6) is 0 Å². The Morgan fingerprint density at radius 3 is 2.62 bits per heavy atom. The van der Waals surface area contributed by atoms with Crippen LogP contribution in [0.25, 0.3) is 0 Å². The molecule has 21 heavy (non-hydrogen) atoms. The molecular weight excluding hydrogens is 288 g/mol. The van der Waals surface area contributed by atoms with Crippen LogP contribution < -0.4 is 10.6 Å². The molecule has 0 aliphatic heterocycles. The molecule has 4 nitrogen and oxygen atoms in total. The van der Waals surface area contributed by atoms with Crippen molar-refractivity contribution in [3.63, 3.8) is 0 Å². The Bertz CT molecular complexity index is 525. The topological polar surface area (TPSA) is 58.2 Å². The molecule has 0 aromatic heterocycles. The molecule has 2 amide bonds. The predicted octanol–water partition coefficient (Wildman–Crippen LogP) is 3.75. The number of nitrogens with one attached hydrogen (secondary N) is 2. The van der Waals surface area contributed by atoms with E-state index in [2.05, 4.69) is 10.6 Å². The van der Waals surface area contributed by atoms with Crippen LogP contribution in [0.15, 0.2) is 18.2 Å². The average Bonchev–Trinajstić information content (AvgIpc) is 2.50. The van der Waals surface area contributed by atoms with Gasteiger partial charge < -0.3 is 10.6 Å². The van der Waals surface area contributed by atoms with Crippen molar-refractivity contribution >= 4 is 29.1 Å². The van der Waals surface area contributed by atoms with Gasteiger partial charge in [-0.2, -0.15) is 0 Å². The van der Waals surface area contributed by atoms with Crippen LogP contribution in [0, 0.1) is 0 Å². The van der Waals surface area contributed by atoms with Crippen molar-refractivity contribution < 1.29 is 9.59 Å². The standard InChI is InChI=1S/C16H21ClN2O2/c1-2-15(20)18-12-8-9-14(17)13(10-12)16(21)19-11-6-4-3-5-7-11/h8-11H,2-7H2,1H3,(H,18,20)(H,19,21). The first-order chi connectivity index (χ1) is 10.1. The Morgan fingerprint density at radius 1 is 1.24 bits per heavy atom. The summed E-state index contributed by atoms with van der Waals surface area (Å²) in [4.78, 5) is 23.8. The van der Waals surface area contributed by atoms with Crippen LogP contribution in [0.1, 0.15) is 55.8 Å². The molecule has 1 fully saturated rings. The molecule has 0 saturated heterocycles. The van der Waals surface area contributed by atoms with Gasteiger partial charge in [-0.3, -0.25) is 9.59 Å². The highest BCUT2D eigenvalue weighted by Gasteiger charge is 2.18. The van der Waals surface area contributed by atoms with E-state index in [9.17, 15) is 9.59 Å². The highest BCUT2D eigenvalue weighted by molar-refractivity contribution is 6.34. The number of anilines is 1. The zero-order valence-corrected chi connectivity index (χ0v) is 13.0. The average molecular weight is 309 g/mol. The van der Waals surface area contributed by atoms with Crippen molar-refractivity contribution in [3.8, 4) is 0 Å². The molecule has 0 heterocycles. The van der Waals surface area contributed by atoms with Gasteiger partial charge >= 0.3 is 0 Å². The summed E-state index contributed by atoms with van der Waals surface area (Å²) in [5.74, 6) is -0.254. The van der Waals surface area contributed by atoms with Crippen molar-refractivity contribution in [2.24, 2.45) is 0 Å². The molecule has 0 radical (unpaired) electrons. The predicted molar refractivity (Wildman–Crippen MR) is 84.7 cm³/mol. The van der Waals surface area contributed by atoms with E-state index in [1.807, 2.05) is 0 Å². The van der Waals surface area contributed by atoms with Crippen LogP contribution in [0.2, 0.25) is 5.02 Å². The van der Waals surface area contributed by atoms with Gasteiger partial charge in [-0.1, -0.05) is 37.8 Å². The number of hydrogen-bond donors (Lipinski definition) is 2. The summed E-state index contributed by atoms with van der Waals surface area (Å²) < 4.78 is 0. The summed E-state index contributed by atoms with van der Waals surface area (Å²) in [7, 11) is 0. The molecule has 2 N–H and O–H groups in total. The Balaban J connectivity index is 2.07. The zero-order valence-electron chi connectivity index (χ0n) is 12.2. The molecule has 0 unspecified atom stereocenters. The van der Waals surface area contributed by atoms with E-state index in [0.717, 1.165) is 25.7 Å². The maximum Gasteiger partial charge on any atom is 0.253 e. The summed E-state index contributed by atoms with van der Waals surface area (Å²) in [5, 5.41) is 6.18. The van der Waals surface area contributed by atoms with Crippen molar-refractivity contribution in [2.75, 3.05) is 5.32 Å². The Labute approximate surface area is 130 Å². The minimum atomic E-state index is -0.167. The summed E-state index contributed by atoms with van der Waals surface area (Å²) in [6, 6.07) is 5.21. The van der Waals surface area contributed by atoms with Gasteiger partial charge in [0.15, 0.2) is 0 Å². The fourth-order valence-electron chi connectivity index (χ4n) is 2.54. The lowest BCUT2D eigenvalue weighted by molar-refractivity contribution is -0.115. The molecule has 1 aliphatic rings. The summed E-state index contributed by atoms with van der Waals surface area (Å²) in [6.45, 7) is 1.78. The maximum atomic E-state index is 12.3. The lowest BCUT2D eigenvalue weighted by Gasteiger charge is -2.23. The quantitative estimate of drug-likeness (QED) is 0.890. The third kappa shape index (κ3) is 4.46.